The van der Waals surface area contributed by atoms with Gasteiger partial charge in [0.1, 0.15) is 0 Å². The van der Waals surface area contributed by atoms with Gasteiger partial charge in [-0.05, 0) is 31.4 Å². The lowest BCUT2D eigenvalue weighted by atomic mass is 10.1. The van der Waals surface area contributed by atoms with Gasteiger partial charge >= 0.3 is 0 Å². The van der Waals surface area contributed by atoms with Crippen molar-refractivity contribution >= 4 is 41.5 Å². The van der Waals surface area contributed by atoms with Crippen molar-refractivity contribution in [3.8, 4) is 0 Å². The number of nitrogens with zero attached hydrogens (tertiary/aromatic N) is 1. The number of benzene rings is 1. The van der Waals surface area contributed by atoms with Crippen LogP contribution in [0.1, 0.15) is 25.8 Å². The van der Waals surface area contributed by atoms with E-state index < -0.39 is 0 Å². The van der Waals surface area contributed by atoms with Crippen molar-refractivity contribution in [3.63, 3.8) is 0 Å². The Kier molecular flexibility index (Phi) is 10.0. The predicted octanol–water partition coefficient (Wildman–Crippen LogP) is 3.46. The summed E-state index contributed by atoms with van der Waals surface area (Å²) in [7, 11) is 1.78. The number of aliphatic imine (C=N–C) groups is 1. The summed E-state index contributed by atoms with van der Waals surface area (Å²) in [4.78, 5) is 4.19. The van der Waals surface area contributed by atoms with Crippen molar-refractivity contribution in [2.24, 2.45) is 4.99 Å². The molecule has 0 aromatic heterocycles. The van der Waals surface area contributed by atoms with Crippen LogP contribution in [0.15, 0.2) is 29.3 Å². The molecule has 0 aliphatic carbocycles. The number of guanidine groups is 1. The van der Waals surface area contributed by atoms with Crippen molar-refractivity contribution < 1.29 is 0 Å². The van der Waals surface area contributed by atoms with Gasteiger partial charge in [0.15, 0.2) is 5.96 Å². The molecule has 0 aliphatic heterocycles. The van der Waals surface area contributed by atoms with Gasteiger partial charge in [0, 0.05) is 24.7 Å². The van der Waals surface area contributed by atoms with Gasteiger partial charge in [0.2, 0.25) is 0 Å². The predicted molar refractivity (Wildman–Crippen MR) is 94.8 cm³/mol. The molecule has 0 spiro atoms. The quantitative estimate of drug-likeness (QED) is 0.455. The third-order valence-corrected chi connectivity index (χ3v) is 3.23. The van der Waals surface area contributed by atoms with Gasteiger partial charge in [-0.25, -0.2) is 0 Å². The van der Waals surface area contributed by atoms with Gasteiger partial charge in [0.05, 0.1) is 0 Å². The second kappa shape index (κ2) is 10.3. The normalized spacial score (nSPS) is 12.5. The summed E-state index contributed by atoms with van der Waals surface area (Å²) < 4.78 is 0. The first-order valence-electron chi connectivity index (χ1n) is 6.38. The van der Waals surface area contributed by atoms with Crippen LogP contribution in [0.25, 0.3) is 0 Å². The lowest BCUT2D eigenvalue weighted by molar-refractivity contribution is 0.624. The highest BCUT2D eigenvalue weighted by atomic mass is 127. The maximum atomic E-state index is 6.11. The SMILES string of the molecule is CCC(C)NC(=NC)NCCc1ccccc1Cl.I. The number of nitrogens with one attached hydrogen (secondary N) is 2. The highest BCUT2D eigenvalue weighted by Gasteiger charge is 2.03. The zero-order valence-electron chi connectivity index (χ0n) is 11.7. The largest absolute Gasteiger partial charge is 0.356 e. The van der Waals surface area contributed by atoms with E-state index in [0.29, 0.717) is 6.04 Å². The zero-order valence-corrected chi connectivity index (χ0v) is 14.8. The molecule has 1 aromatic rings. The first-order valence-corrected chi connectivity index (χ1v) is 6.75. The van der Waals surface area contributed by atoms with Crippen LogP contribution in [0.3, 0.4) is 0 Å². The number of hydrogen-bond donors (Lipinski definition) is 2. The van der Waals surface area contributed by atoms with E-state index in [4.69, 9.17) is 11.6 Å². The molecule has 1 rings (SSSR count). The molecule has 0 saturated heterocycles. The molecule has 1 atom stereocenters. The van der Waals surface area contributed by atoms with Crippen molar-refractivity contribution in [1.29, 1.82) is 0 Å². The maximum absolute atomic E-state index is 6.11. The average molecular weight is 396 g/mol. The summed E-state index contributed by atoms with van der Waals surface area (Å²) in [6.45, 7) is 5.11. The summed E-state index contributed by atoms with van der Waals surface area (Å²) in [5.74, 6) is 0.844. The Morgan fingerprint density at radius 2 is 2.05 bits per heavy atom. The maximum Gasteiger partial charge on any atom is 0.191 e. The lowest BCUT2D eigenvalue weighted by Crippen LogP contribution is -2.42. The van der Waals surface area contributed by atoms with E-state index in [1.165, 1.54) is 0 Å². The van der Waals surface area contributed by atoms with Gasteiger partial charge in [0.25, 0.3) is 0 Å². The van der Waals surface area contributed by atoms with Crippen molar-refractivity contribution in [3.05, 3.63) is 34.9 Å². The molecular weight excluding hydrogens is 373 g/mol. The molecule has 2 N–H and O–H groups in total. The molecule has 1 unspecified atom stereocenters. The molecule has 0 fully saturated rings. The van der Waals surface area contributed by atoms with Crippen LogP contribution >= 0.6 is 35.6 Å². The minimum Gasteiger partial charge on any atom is -0.356 e. The fraction of sp³-hybridized carbons (Fsp3) is 0.500. The molecule has 0 amide bonds. The van der Waals surface area contributed by atoms with Crippen molar-refractivity contribution in [2.75, 3.05) is 13.6 Å². The second-order valence-corrected chi connectivity index (χ2v) is 4.70. The Balaban J connectivity index is 0.00000324. The summed E-state index contributed by atoms with van der Waals surface area (Å²) in [5.41, 5.74) is 1.16. The van der Waals surface area contributed by atoms with E-state index in [0.717, 1.165) is 35.9 Å². The number of halogens is 2. The summed E-state index contributed by atoms with van der Waals surface area (Å²) in [6, 6.07) is 8.35. The van der Waals surface area contributed by atoms with Gasteiger partial charge < -0.3 is 10.6 Å². The summed E-state index contributed by atoms with van der Waals surface area (Å²) in [6.07, 6.45) is 1.96. The molecule has 0 bridgehead atoms. The van der Waals surface area contributed by atoms with Crippen LogP contribution in [0.4, 0.5) is 0 Å². The fourth-order valence-electron chi connectivity index (χ4n) is 1.55. The highest BCUT2D eigenvalue weighted by Crippen LogP contribution is 2.14. The van der Waals surface area contributed by atoms with Crippen molar-refractivity contribution in [1.82, 2.24) is 10.6 Å². The van der Waals surface area contributed by atoms with E-state index in [1.54, 1.807) is 7.05 Å². The molecular formula is C14H23ClIN3. The van der Waals surface area contributed by atoms with Crippen LogP contribution in [0.2, 0.25) is 5.02 Å². The molecule has 0 heterocycles. The van der Waals surface area contributed by atoms with E-state index in [2.05, 4.69) is 35.5 Å². The van der Waals surface area contributed by atoms with Crippen LogP contribution < -0.4 is 10.6 Å². The first-order chi connectivity index (χ1) is 8.67. The lowest BCUT2D eigenvalue weighted by Gasteiger charge is -2.16. The minimum atomic E-state index is 0. The van der Waals surface area contributed by atoms with Crippen LogP contribution in [-0.4, -0.2) is 25.6 Å². The third-order valence-electron chi connectivity index (χ3n) is 2.86. The Hall–Kier alpha value is -0.490. The molecule has 108 valence electrons. The van der Waals surface area contributed by atoms with Gasteiger partial charge in [-0.2, -0.15) is 0 Å². The molecule has 5 heteroatoms. The standard InChI is InChI=1S/C14H22ClN3.HI/c1-4-11(2)18-14(16-3)17-10-9-12-7-5-6-8-13(12)15;/h5-8,11H,4,9-10H2,1-3H3,(H2,16,17,18);1H. The second-order valence-electron chi connectivity index (χ2n) is 4.29. The van der Waals surface area contributed by atoms with E-state index in [1.807, 2.05) is 18.2 Å². The Morgan fingerprint density at radius 3 is 2.63 bits per heavy atom. The Labute approximate surface area is 138 Å². The minimum absolute atomic E-state index is 0. The van der Waals surface area contributed by atoms with E-state index in [9.17, 15) is 0 Å². The molecule has 1 aromatic carbocycles. The molecule has 3 nitrogen and oxygen atoms in total. The summed E-state index contributed by atoms with van der Waals surface area (Å²) >= 11 is 6.11. The third kappa shape index (κ3) is 7.01. The molecule has 0 saturated carbocycles. The Morgan fingerprint density at radius 1 is 1.37 bits per heavy atom. The summed E-state index contributed by atoms with van der Waals surface area (Å²) in [5, 5.41) is 7.44. The smallest absolute Gasteiger partial charge is 0.191 e. The molecule has 0 radical (unpaired) electrons. The highest BCUT2D eigenvalue weighted by molar-refractivity contribution is 14.0. The van der Waals surface area contributed by atoms with Gasteiger partial charge in [-0.1, -0.05) is 36.7 Å². The zero-order chi connectivity index (χ0) is 13.4. The van der Waals surface area contributed by atoms with Gasteiger partial charge in [-0.3, -0.25) is 4.99 Å². The van der Waals surface area contributed by atoms with E-state index in [-0.39, 0.29) is 24.0 Å². The average Bonchev–Trinajstić information content (AvgIpc) is 2.39. The monoisotopic (exact) mass is 395 g/mol. The first kappa shape index (κ1) is 18.5. The molecule has 19 heavy (non-hydrogen) atoms. The van der Waals surface area contributed by atoms with Crippen LogP contribution in [0.5, 0.6) is 0 Å². The number of hydrogen-bond acceptors (Lipinski definition) is 1. The Bertz CT molecular complexity index is 396. The van der Waals surface area contributed by atoms with Crippen LogP contribution in [0, 0.1) is 0 Å². The van der Waals surface area contributed by atoms with Crippen molar-refractivity contribution in [2.45, 2.75) is 32.7 Å². The van der Waals surface area contributed by atoms with Crippen LogP contribution in [-0.2, 0) is 6.42 Å². The van der Waals surface area contributed by atoms with Gasteiger partial charge in [-0.15, -0.1) is 24.0 Å². The fourth-order valence-corrected chi connectivity index (χ4v) is 1.78. The topological polar surface area (TPSA) is 36.4 Å². The molecule has 0 aliphatic rings. The number of rotatable bonds is 5. The van der Waals surface area contributed by atoms with E-state index >= 15 is 0 Å².